The zero-order valence-corrected chi connectivity index (χ0v) is 7.71. The monoisotopic (exact) mass is 190 g/mol. The summed E-state index contributed by atoms with van der Waals surface area (Å²) in [5.74, 6) is -0.0427. The van der Waals surface area contributed by atoms with Gasteiger partial charge in [-0.15, -0.1) is 0 Å². The minimum atomic E-state index is -0.256. The third-order valence-electron chi connectivity index (χ3n) is 2.12. The fourth-order valence-corrected chi connectivity index (χ4v) is 1.29. The summed E-state index contributed by atoms with van der Waals surface area (Å²) in [5.41, 5.74) is 0.488. The molecule has 0 spiro atoms. The Morgan fingerprint density at radius 1 is 1.21 bits per heavy atom. The second-order valence-electron chi connectivity index (χ2n) is 3.03. The molecular formula is C10H10N2O2. The summed E-state index contributed by atoms with van der Waals surface area (Å²) in [6.45, 7) is 0. The first kappa shape index (κ1) is 8.62. The van der Waals surface area contributed by atoms with E-state index in [0.29, 0.717) is 0 Å². The summed E-state index contributed by atoms with van der Waals surface area (Å²) < 4.78 is 2.59. The highest BCUT2D eigenvalue weighted by Crippen LogP contribution is 2.09. The van der Waals surface area contributed by atoms with Crippen molar-refractivity contribution in [2.75, 3.05) is 0 Å². The molecule has 0 fully saturated rings. The molecule has 0 atom stereocenters. The number of benzene rings is 1. The van der Waals surface area contributed by atoms with Crippen LogP contribution in [0.25, 0.3) is 5.69 Å². The molecule has 0 aliphatic carbocycles. The van der Waals surface area contributed by atoms with E-state index in [0.717, 1.165) is 5.69 Å². The number of para-hydroxylation sites is 1. The van der Waals surface area contributed by atoms with Gasteiger partial charge in [-0.1, -0.05) is 18.2 Å². The van der Waals surface area contributed by atoms with Gasteiger partial charge in [0.15, 0.2) is 0 Å². The topological polar surface area (TPSA) is 47.2 Å². The minimum absolute atomic E-state index is 0.0427. The van der Waals surface area contributed by atoms with Gasteiger partial charge in [0.2, 0.25) is 5.88 Å². The quantitative estimate of drug-likeness (QED) is 0.725. The van der Waals surface area contributed by atoms with E-state index >= 15 is 0 Å². The average molecular weight is 190 g/mol. The van der Waals surface area contributed by atoms with Crippen LogP contribution in [0, 0.1) is 0 Å². The second-order valence-corrected chi connectivity index (χ2v) is 3.03. The third-order valence-corrected chi connectivity index (χ3v) is 2.12. The van der Waals surface area contributed by atoms with Crippen molar-refractivity contribution in [3.05, 3.63) is 47.0 Å². The predicted octanol–water partition coefficient (Wildman–Crippen LogP) is 0.882. The molecular weight excluding hydrogens is 180 g/mol. The van der Waals surface area contributed by atoms with Crippen LogP contribution in [0.15, 0.2) is 41.3 Å². The number of aromatic nitrogens is 2. The highest BCUT2D eigenvalue weighted by Gasteiger charge is 2.06. The Labute approximate surface area is 80.7 Å². The highest BCUT2D eigenvalue weighted by atomic mass is 16.3. The Morgan fingerprint density at radius 3 is 2.36 bits per heavy atom. The Bertz CT molecular complexity index is 497. The second kappa shape index (κ2) is 3.06. The molecule has 4 heteroatoms. The molecule has 2 aromatic rings. The molecule has 0 amide bonds. The van der Waals surface area contributed by atoms with Crippen molar-refractivity contribution in [1.29, 1.82) is 0 Å². The van der Waals surface area contributed by atoms with E-state index in [1.807, 2.05) is 18.2 Å². The van der Waals surface area contributed by atoms with Gasteiger partial charge in [-0.2, -0.15) is 0 Å². The van der Waals surface area contributed by atoms with Crippen molar-refractivity contribution in [2.45, 2.75) is 0 Å². The molecule has 0 saturated heterocycles. The molecule has 0 radical (unpaired) electrons. The van der Waals surface area contributed by atoms with Gasteiger partial charge in [-0.05, 0) is 12.1 Å². The number of aromatic hydroxyl groups is 1. The fourth-order valence-electron chi connectivity index (χ4n) is 1.29. The Morgan fingerprint density at radius 2 is 1.86 bits per heavy atom. The summed E-state index contributed by atoms with van der Waals surface area (Å²) in [7, 11) is 1.52. The lowest BCUT2D eigenvalue weighted by molar-refractivity contribution is 0.429. The third kappa shape index (κ3) is 1.21. The molecule has 1 aromatic heterocycles. The number of hydrogen-bond donors (Lipinski definition) is 1. The number of imidazole rings is 1. The lowest BCUT2D eigenvalue weighted by Crippen LogP contribution is -2.20. The normalized spacial score (nSPS) is 10.4. The maximum Gasteiger partial charge on any atom is 0.335 e. The minimum Gasteiger partial charge on any atom is -0.493 e. The molecule has 1 N–H and O–H groups in total. The molecule has 0 saturated carbocycles. The Balaban J connectivity index is 2.64. The van der Waals surface area contributed by atoms with E-state index in [1.165, 1.54) is 22.4 Å². The van der Waals surface area contributed by atoms with E-state index in [-0.39, 0.29) is 11.6 Å². The van der Waals surface area contributed by atoms with E-state index < -0.39 is 0 Å². The first-order valence-electron chi connectivity index (χ1n) is 4.23. The zero-order chi connectivity index (χ0) is 10.1. The van der Waals surface area contributed by atoms with Crippen LogP contribution in [-0.2, 0) is 7.05 Å². The molecule has 0 aliphatic rings. The van der Waals surface area contributed by atoms with Crippen molar-refractivity contribution in [3.63, 3.8) is 0 Å². The van der Waals surface area contributed by atoms with E-state index in [1.54, 1.807) is 12.1 Å². The van der Waals surface area contributed by atoms with Crippen molar-refractivity contribution in [1.82, 2.24) is 9.13 Å². The smallest absolute Gasteiger partial charge is 0.335 e. The van der Waals surface area contributed by atoms with Crippen LogP contribution < -0.4 is 5.69 Å². The first-order valence-corrected chi connectivity index (χ1v) is 4.23. The summed E-state index contributed by atoms with van der Waals surface area (Å²) in [4.78, 5) is 11.6. The van der Waals surface area contributed by atoms with E-state index in [4.69, 9.17) is 0 Å². The van der Waals surface area contributed by atoms with E-state index in [9.17, 15) is 9.90 Å². The largest absolute Gasteiger partial charge is 0.493 e. The van der Waals surface area contributed by atoms with Gasteiger partial charge in [0.05, 0.1) is 11.9 Å². The molecule has 1 aromatic carbocycles. The maximum atomic E-state index is 11.6. The highest BCUT2D eigenvalue weighted by molar-refractivity contribution is 5.32. The van der Waals surface area contributed by atoms with Gasteiger partial charge in [0.25, 0.3) is 0 Å². The Kier molecular flexibility index (Phi) is 1.89. The van der Waals surface area contributed by atoms with E-state index in [2.05, 4.69) is 0 Å². The van der Waals surface area contributed by atoms with Crippen LogP contribution in [0.1, 0.15) is 0 Å². The number of rotatable bonds is 1. The first-order chi connectivity index (χ1) is 6.70. The number of nitrogens with zero attached hydrogens (tertiary/aromatic N) is 2. The molecule has 0 bridgehead atoms. The van der Waals surface area contributed by atoms with Gasteiger partial charge in [-0.3, -0.25) is 9.13 Å². The van der Waals surface area contributed by atoms with Crippen LogP contribution in [0.5, 0.6) is 5.88 Å². The molecule has 2 rings (SSSR count). The van der Waals surface area contributed by atoms with Gasteiger partial charge >= 0.3 is 5.69 Å². The number of hydrogen-bond acceptors (Lipinski definition) is 2. The molecule has 72 valence electrons. The summed E-state index contributed by atoms with van der Waals surface area (Å²) >= 11 is 0. The SMILES string of the molecule is Cn1c(O)cn(-c2ccccc2)c1=O. The van der Waals surface area contributed by atoms with Crippen LogP contribution in [-0.4, -0.2) is 14.2 Å². The van der Waals surface area contributed by atoms with Crippen LogP contribution in [0.2, 0.25) is 0 Å². The predicted molar refractivity (Wildman–Crippen MR) is 52.7 cm³/mol. The van der Waals surface area contributed by atoms with Gasteiger partial charge in [0.1, 0.15) is 0 Å². The van der Waals surface area contributed by atoms with Gasteiger partial charge in [-0.25, -0.2) is 4.79 Å². The standard InChI is InChI=1S/C10H10N2O2/c1-11-9(13)7-12(10(11)14)8-5-3-2-4-6-8/h2-7,13H,1H3. The maximum absolute atomic E-state index is 11.6. The Hall–Kier alpha value is -1.97. The van der Waals surface area contributed by atoms with Gasteiger partial charge in [0, 0.05) is 7.05 Å². The van der Waals surface area contributed by atoms with Crippen molar-refractivity contribution < 1.29 is 5.11 Å². The van der Waals surface area contributed by atoms with Gasteiger partial charge < -0.3 is 5.11 Å². The van der Waals surface area contributed by atoms with Crippen LogP contribution in [0.4, 0.5) is 0 Å². The molecule has 4 nitrogen and oxygen atoms in total. The lowest BCUT2D eigenvalue weighted by atomic mass is 10.3. The van der Waals surface area contributed by atoms with Crippen LogP contribution in [0.3, 0.4) is 0 Å². The summed E-state index contributed by atoms with van der Waals surface area (Å²) in [6, 6.07) is 9.16. The molecule has 0 aliphatic heterocycles. The van der Waals surface area contributed by atoms with Crippen LogP contribution >= 0.6 is 0 Å². The lowest BCUT2D eigenvalue weighted by Gasteiger charge is -1.98. The average Bonchev–Trinajstić information content (AvgIpc) is 2.47. The van der Waals surface area contributed by atoms with Crippen molar-refractivity contribution >= 4 is 0 Å². The van der Waals surface area contributed by atoms with Crippen molar-refractivity contribution in [3.8, 4) is 11.6 Å². The molecule has 1 heterocycles. The van der Waals surface area contributed by atoms with Crippen molar-refractivity contribution in [2.24, 2.45) is 7.05 Å². The summed E-state index contributed by atoms with van der Waals surface area (Å²) in [6.07, 6.45) is 1.40. The zero-order valence-electron chi connectivity index (χ0n) is 7.71. The molecule has 0 unspecified atom stereocenters. The molecule has 14 heavy (non-hydrogen) atoms. The summed E-state index contributed by atoms with van der Waals surface area (Å²) in [5, 5.41) is 9.32. The fraction of sp³-hybridized carbons (Fsp3) is 0.100.